The van der Waals surface area contributed by atoms with Gasteiger partial charge in [0.15, 0.2) is 6.10 Å². The van der Waals surface area contributed by atoms with Crippen molar-refractivity contribution in [2.75, 3.05) is 0 Å². The number of benzene rings is 1. The molecule has 0 aliphatic carbocycles. The zero-order valence-corrected chi connectivity index (χ0v) is 6.28. The Balaban J connectivity index is 3.05. The number of aliphatic hydroxyl groups is 1. The van der Waals surface area contributed by atoms with E-state index in [-0.39, 0.29) is 0 Å². The van der Waals surface area contributed by atoms with Crippen LogP contribution in [0.25, 0.3) is 0 Å². The summed E-state index contributed by atoms with van der Waals surface area (Å²) in [6.07, 6.45) is -0.990. The largest absolute Gasteiger partial charge is 0.374 e. The normalized spacial score (nSPS) is 12.1. The Morgan fingerprint density at radius 2 is 2.09 bits per heavy atom. The SMILES string of the molecule is Cc1ccccc1[C@@H](O)C#N. The molecule has 0 aliphatic rings. The molecule has 0 amide bonds. The molecule has 1 atom stereocenters. The Labute approximate surface area is 65.7 Å². The number of hydrogen-bond acceptors (Lipinski definition) is 2. The highest BCUT2D eigenvalue weighted by atomic mass is 16.3. The van der Waals surface area contributed by atoms with Gasteiger partial charge in [0, 0.05) is 0 Å². The van der Waals surface area contributed by atoms with E-state index in [0.717, 1.165) is 5.56 Å². The first-order valence-electron chi connectivity index (χ1n) is 3.39. The van der Waals surface area contributed by atoms with Gasteiger partial charge >= 0.3 is 0 Å². The van der Waals surface area contributed by atoms with Gasteiger partial charge in [0.2, 0.25) is 0 Å². The average Bonchev–Trinajstić information content (AvgIpc) is 2.04. The van der Waals surface area contributed by atoms with Gasteiger partial charge in [0.1, 0.15) is 0 Å². The van der Waals surface area contributed by atoms with Gasteiger partial charge in [-0.05, 0) is 18.1 Å². The molecule has 2 nitrogen and oxygen atoms in total. The third kappa shape index (κ3) is 1.57. The van der Waals surface area contributed by atoms with Crippen LogP contribution in [0.4, 0.5) is 0 Å². The molecule has 1 aromatic carbocycles. The highest BCUT2D eigenvalue weighted by Crippen LogP contribution is 2.15. The van der Waals surface area contributed by atoms with Crippen molar-refractivity contribution >= 4 is 0 Å². The minimum atomic E-state index is -0.990. The van der Waals surface area contributed by atoms with Crippen molar-refractivity contribution in [3.05, 3.63) is 35.4 Å². The van der Waals surface area contributed by atoms with Crippen LogP contribution in [0.2, 0.25) is 0 Å². The lowest BCUT2D eigenvalue weighted by Gasteiger charge is -2.04. The quantitative estimate of drug-likeness (QED) is 0.612. The summed E-state index contributed by atoms with van der Waals surface area (Å²) in [7, 11) is 0. The van der Waals surface area contributed by atoms with Gasteiger partial charge < -0.3 is 5.11 Å². The Hall–Kier alpha value is -1.33. The fraction of sp³-hybridized carbons (Fsp3) is 0.222. The van der Waals surface area contributed by atoms with E-state index in [1.54, 1.807) is 12.1 Å². The van der Waals surface area contributed by atoms with Crippen LogP contribution in [0, 0.1) is 18.3 Å². The molecule has 0 saturated carbocycles. The van der Waals surface area contributed by atoms with Crippen molar-refractivity contribution in [2.24, 2.45) is 0 Å². The van der Waals surface area contributed by atoms with Crippen LogP contribution in [0.1, 0.15) is 17.2 Å². The van der Waals surface area contributed by atoms with Gasteiger partial charge in [-0.25, -0.2) is 0 Å². The summed E-state index contributed by atoms with van der Waals surface area (Å²) >= 11 is 0. The molecule has 1 aromatic rings. The van der Waals surface area contributed by atoms with Crippen molar-refractivity contribution in [1.29, 1.82) is 5.26 Å². The minimum absolute atomic E-state index is 0.690. The maximum atomic E-state index is 9.15. The molecule has 1 N–H and O–H groups in total. The predicted octanol–water partition coefficient (Wildman–Crippen LogP) is 1.55. The lowest BCUT2D eigenvalue weighted by molar-refractivity contribution is 0.235. The molecule has 56 valence electrons. The monoisotopic (exact) mass is 147 g/mol. The zero-order chi connectivity index (χ0) is 8.27. The van der Waals surface area contributed by atoms with Gasteiger partial charge in [0.25, 0.3) is 0 Å². The summed E-state index contributed by atoms with van der Waals surface area (Å²) in [4.78, 5) is 0. The number of hydrogen-bond donors (Lipinski definition) is 1. The number of nitrogens with zero attached hydrogens (tertiary/aromatic N) is 1. The molecular formula is C9H9NO. The Bertz CT molecular complexity index is 288. The average molecular weight is 147 g/mol. The van der Waals surface area contributed by atoms with Gasteiger partial charge in [-0.3, -0.25) is 0 Å². The van der Waals surface area contributed by atoms with Crippen molar-refractivity contribution in [2.45, 2.75) is 13.0 Å². The molecule has 0 saturated heterocycles. The summed E-state index contributed by atoms with van der Waals surface area (Å²) < 4.78 is 0. The van der Waals surface area contributed by atoms with Crippen LogP contribution in [-0.4, -0.2) is 5.11 Å². The van der Waals surface area contributed by atoms with Crippen LogP contribution in [-0.2, 0) is 0 Å². The van der Waals surface area contributed by atoms with Gasteiger partial charge in [0.05, 0.1) is 6.07 Å². The summed E-state index contributed by atoms with van der Waals surface area (Å²) in [5.41, 5.74) is 1.64. The fourth-order valence-corrected chi connectivity index (χ4v) is 0.963. The van der Waals surface area contributed by atoms with E-state index in [4.69, 9.17) is 10.4 Å². The van der Waals surface area contributed by atoms with Gasteiger partial charge in [-0.2, -0.15) is 5.26 Å². The van der Waals surface area contributed by atoms with E-state index in [9.17, 15) is 0 Å². The first-order valence-corrected chi connectivity index (χ1v) is 3.39. The summed E-state index contributed by atoms with van der Waals surface area (Å²) in [5.74, 6) is 0. The Morgan fingerprint density at radius 1 is 1.45 bits per heavy atom. The van der Waals surface area contributed by atoms with E-state index < -0.39 is 6.10 Å². The molecule has 2 heteroatoms. The molecule has 0 spiro atoms. The standard InChI is InChI=1S/C9H9NO/c1-7-4-2-3-5-8(7)9(11)6-10/h2-5,9,11H,1H3/t9-/m0/s1. The Kier molecular flexibility index (Phi) is 2.25. The second kappa shape index (κ2) is 3.18. The van der Waals surface area contributed by atoms with Crippen molar-refractivity contribution in [1.82, 2.24) is 0 Å². The maximum absolute atomic E-state index is 9.15. The molecule has 11 heavy (non-hydrogen) atoms. The van der Waals surface area contributed by atoms with Crippen molar-refractivity contribution < 1.29 is 5.11 Å². The first kappa shape index (κ1) is 7.77. The summed E-state index contributed by atoms with van der Waals surface area (Å²) in [5, 5.41) is 17.6. The molecule has 0 heterocycles. The molecule has 0 unspecified atom stereocenters. The van der Waals surface area contributed by atoms with Crippen LogP contribution in [0.3, 0.4) is 0 Å². The van der Waals surface area contributed by atoms with E-state index in [2.05, 4.69) is 0 Å². The second-order valence-corrected chi connectivity index (χ2v) is 2.39. The van der Waals surface area contributed by atoms with Gasteiger partial charge in [-0.15, -0.1) is 0 Å². The van der Waals surface area contributed by atoms with Crippen LogP contribution in [0.5, 0.6) is 0 Å². The molecule has 0 aromatic heterocycles. The molecule has 0 bridgehead atoms. The van der Waals surface area contributed by atoms with E-state index in [1.807, 2.05) is 25.1 Å². The molecule has 0 aliphatic heterocycles. The maximum Gasteiger partial charge on any atom is 0.166 e. The smallest absolute Gasteiger partial charge is 0.166 e. The van der Waals surface area contributed by atoms with E-state index in [0.29, 0.717) is 5.56 Å². The topological polar surface area (TPSA) is 44.0 Å². The fourth-order valence-electron chi connectivity index (χ4n) is 0.963. The van der Waals surface area contributed by atoms with E-state index >= 15 is 0 Å². The highest BCUT2D eigenvalue weighted by molar-refractivity contribution is 5.30. The minimum Gasteiger partial charge on any atom is -0.374 e. The van der Waals surface area contributed by atoms with Gasteiger partial charge in [-0.1, -0.05) is 24.3 Å². The lowest BCUT2D eigenvalue weighted by atomic mass is 10.1. The predicted molar refractivity (Wildman–Crippen MR) is 41.8 cm³/mol. The number of nitriles is 1. The summed E-state index contributed by atoms with van der Waals surface area (Å²) in [6.45, 7) is 1.87. The number of aliphatic hydroxyl groups excluding tert-OH is 1. The summed E-state index contributed by atoms with van der Waals surface area (Å²) in [6, 6.07) is 9.09. The van der Waals surface area contributed by atoms with Crippen molar-refractivity contribution in [3.8, 4) is 6.07 Å². The molecular weight excluding hydrogens is 138 g/mol. The lowest BCUT2D eigenvalue weighted by Crippen LogP contribution is -1.95. The van der Waals surface area contributed by atoms with E-state index in [1.165, 1.54) is 0 Å². The van der Waals surface area contributed by atoms with Crippen LogP contribution < -0.4 is 0 Å². The zero-order valence-electron chi connectivity index (χ0n) is 6.28. The Morgan fingerprint density at radius 3 is 2.64 bits per heavy atom. The third-order valence-electron chi connectivity index (χ3n) is 1.61. The van der Waals surface area contributed by atoms with Crippen LogP contribution >= 0.6 is 0 Å². The molecule has 1 rings (SSSR count). The molecule has 0 fully saturated rings. The highest BCUT2D eigenvalue weighted by Gasteiger charge is 2.06. The number of aryl methyl sites for hydroxylation is 1. The third-order valence-corrected chi connectivity index (χ3v) is 1.61. The first-order chi connectivity index (χ1) is 5.25. The van der Waals surface area contributed by atoms with Crippen molar-refractivity contribution in [3.63, 3.8) is 0 Å². The number of rotatable bonds is 1. The molecule has 0 radical (unpaired) electrons. The second-order valence-electron chi connectivity index (χ2n) is 2.39. The van der Waals surface area contributed by atoms with Crippen LogP contribution in [0.15, 0.2) is 24.3 Å².